The molecule has 2 aromatic rings. The average molecular weight is 304 g/mol. The molecular formula is C16H20N2O2S. The van der Waals surface area contributed by atoms with Crippen molar-refractivity contribution in [2.75, 3.05) is 11.9 Å². The van der Waals surface area contributed by atoms with Crippen molar-refractivity contribution in [2.45, 2.75) is 34.1 Å². The van der Waals surface area contributed by atoms with Crippen LogP contribution in [0.5, 0.6) is 0 Å². The third kappa shape index (κ3) is 3.24. The fourth-order valence-electron chi connectivity index (χ4n) is 2.21. The van der Waals surface area contributed by atoms with E-state index in [0.717, 1.165) is 22.7 Å². The maximum atomic E-state index is 12.1. The molecule has 4 nitrogen and oxygen atoms in total. The number of hydrogen-bond acceptors (Lipinski definition) is 5. The van der Waals surface area contributed by atoms with Crippen LogP contribution in [-0.4, -0.2) is 16.9 Å². The molecule has 1 aromatic carbocycles. The van der Waals surface area contributed by atoms with Gasteiger partial charge in [0.1, 0.15) is 10.6 Å². The molecule has 0 aliphatic heterocycles. The van der Waals surface area contributed by atoms with E-state index in [1.807, 2.05) is 13.0 Å². The number of aromatic nitrogens is 1. The number of rotatable bonds is 5. The molecule has 0 aliphatic rings. The number of nitrogens with one attached hydrogen (secondary N) is 1. The van der Waals surface area contributed by atoms with Gasteiger partial charge in [-0.05, 0) is 49.9 Å². The summed E-state index contributed by atoms with van der Waals surface area (Å²) in [6.07, 6.45) is 0.927. The monoisotopic (exact) mass is 304 g/mol. The van der Waals surface area contributed by atoms with E-state index < -0.39 is 0 Å². The highest BCUT2D eigenvalue weighted by atomic mass is 32.1. The van der Waals surface area contributed by atoms with E-state index in [9.17, 15) is 4.79 Å². The Bertz CT molecular complexity index is 650. The molecule has 1 heterocycles. The lowest BCUT2D eigenvalue weighted by molar-refractivity contribution is 0.0527. The van der Waals surface area contributed by atoms with Gasteiger partial charge in [0.25, 0.3) is 0 Å². The Hall–Kier alpha value is -1.88. The van der Waals surface area contributed by atoms with Gasteiger partial charge in [0.15, 0.2) is 0 Å². The molecular weight excluding hydrogens is 284 g/mol. The number of esters is 1. The maximum Gasteiger partial charge on any atom is 0.343 e. The quantitative estimate of drug-likeness (QED) is 0.839. The molecule has 0 spiro atoms. The Kier molecular flexibility index (Phi) is 4.96. The molecule has 5 heteroatoms. The highest BCUT2D eigenvalue weighted by Gasteiger charge is 2.20. The molecule has 0 saturated heterocycles. The Labute approximate surface area is 129 Å². The first-order chi connectivity index (χ1) is 10.1. The van der Waals surface area contributed by atoms with Crippen molar-refractivity contribution in [3.05, 3.63) is 40.6 Å². The van der Waals surface area contributed by atoms with Crippen LogP contribution in [-0.2, 0) is 11.2 Å². The van der Waals surface area contributed by atoms with Crippen LogP contribution in [0, 0.1) is 13.8 Å². The zero-order valence-electron chi connectivity index (χ0n) is 12.8. The predicted octanol–water partition coefficient (Wildman–Crippen LogP) is 4.24. The van der Waals surface area contributed by atoms with Crippen LogP contribution >= 0.6 is 11.5 Å². The van der Waals surface area contributed by atoms with Crippen molar-refractivity contribution in [3.63, 3.8) is 0 Å². The molecule has 0 radical (unpaired) electrons. The second kappa shape index (κ2) is 6.72. The number of benzene rings is 1. The molecule has 0 atom stereocenters. The predicted molar refractivity (Wildman–Crippen MR) is 86.6 cm³/mol. The van der Waals surface area contributed by atoms with Crippen LogP contribution in [0.1, 0.15) is 41.0 Å². The second-order valence-electron chi connectivity index (χ2n) is 4.78. The Morgan fingerprint density at radius 3 is 2.76 bits per heavy atom. The first-order valence-electron chi connectivity index (χ1n) is 7.07. The van der Waals surface area contributed by atoms with E-state index in [0.29, 0.717) is 17.9 Å². The van der Waals surface area contributed by atoms with Crippen molar-refractivity contribution < 1.29 is 9.53 Å². The number of hydrogen-bond donors (Lipinski definition) is 1. The van der Waals surface area contributed by atoms with Gasteiger partial charge >= 0.3 is 5.97 Å². The fourth-order valence-corrected chi connectivity index (χ4v) is 3.00. The van der Waals surface area contributed by atoms with Crippen molar-refractivity contribution >= 4 is 28.2 Å². The molecule has 1 aromatic heterocycles. The van der Waals surface area contributed by atoms with E-state index in [-0.39, 0.29) is 5.97 Å². The molecule has 21 heavy (non-hydrogen) atoms. The molecule has 0 saturated carbocycles. The summed E-state index contributed by atoms with van der Waals surface area (Å²) in [7, 11) is 0. The van der Waals surface area contributed by atoms with Crippen LogP contribution in [0.25, 0.3) is 0 Å². The van der Waals surface area contributed by atoms with Crippen LogP contribution in [0.15, 0.2) is 18.2 Å². The van der Waals surface area contributed by atoms with Gasteiger partial charge in [-0.25, -0.2) is 4.79 Å². The SMILES string of the molecule is CCOC(=O)c1c(C)nsc1Nc1c(C)cccc1CC. The summed E-state index contributed by atoms with van der Waals surface area (Å²) in [4.78, 5) is 12.1. The minimum absolute atomic E-state index is 0.321. The van der Waals surface area contributed by atoms with Gasteiger partial charge in [-0.2, -0.15) is 4.37 Å². The Balaban J connectivity index is 2.39. The number of carbonyl (C=O) groups is 1. The van der Waals surface area contributed by atoms with E-state index in [1.165, 1.54) is 17.1 Å². The molecule has 112 valence electrons. The first-order valence-corrected chi connectivity index (χ1v) is 7.84. The first kappa shape index (κ1) is 15.5. The van der Waals surface area contributed by atoms with Crippen molar-refractivity contribution in [1.29, 1.82) is 0 Å². The zero-order chi connectivity index (χ0) is 15.4. The molecule has 2 rings (SSSR count). The molecule has 0 bridgehead atoms. The topological polar surface area (TPSA) is 51.2 Å². The fraction of sp³-hybridized carbons (Fsp3) is 0.375. The average Bonchev–Trinajstić information content (AvgIpc) is 2.82. The lowest BCUT2D eigenvalue weighted by Crippen LogP contribution is -2.08. The molecule has 0 amide bonds. The van der Waals surface area contributed by atoms with Gasteiger partial charge in [-0.1, -0.05) is 25.1 Å². The number of ether oxygens (including phenoxy) is 1. The van der Waals surface area contributed by atoms with E-state index in [1.54, 1.807) is 6.92 Å². The summed E-state index contributed by atoms with van der Waals surface area (Å²) in [5.41, 5.74) is 4.65. The minimum atomic E-state index is -0.321. The Morgan fingerprint density at radius 1 is 1.33 bits per heavy atom. The van der Waals surface area contributed by atoms with Crippen LogP contribution in [0.4, 0.5) is 10.7 Å². The van der Waals surface area contributed by atoms with Crippen LogP contribution in [0.3, 0.4) is 0 Å². The summed E-state index contributed by atoms with van der Waals surface area (Å²) in [6, 6.07) is 6.19. The second-order valence-corrected chi connectivity index (χ2v) is 5.55. The van der Waals surface area contributed by atoms with Gasteiger partial charge in [-0.3, -0.25) is 0 Å². The van der Waals surface area contributed by atoms with Gasteiger partial charge in [0, 0.05) is 5.69 Å². The summed E-state index contributed by atoms with van der Waals surface area (Å²) >= 11 is 1.29. The van der Waals surface area contributed by atoms with Crippen molar-refractivity contribution in [2.24, 2.45) is 0 Å². The minimum Gasteiger partial charge on any atom is -0.462 e. The summed E-state index contributed by atoms with van der Waals surface area (Å²) in [5, 5.41) is 4.12. The number of para-hydroxylation sites is 1. The normalized spacial score (nSPS) is 10.5. The highest BCUT2D eigenvalue weighted by Crippen LogP contribution is 2.32. The number of carbonyl (C=O) groups excluding carboxylic acids is 1. The van der Waals surface area contributed by atoms with Crippen molar-refractivity contribution in [3.8, 4) is 0 Å². The van der Waals surface area contributed by atoms with Gasteiger partial charge < -0.3 is 10.1 Å². The number of aryl methyl sites for hydroxylation is 3. The summed E-state index contributed by atoms with van der Waals surface area (Å²) in [5.74, 6) is -0.321. The lowest BCUT2D eigenvalue weighted by Gasteiger charge is -2.13. The smallest absolute Gasteiger partial charge is 0.343 e. The third-order valence-electron chi connectivity index (χ3n) is 3.32. The molecule has 0 unspecified atom stereocenters. The van der Waals surface area contributed by atoms with E-state index in [4.69, 9.17) is 4.74 Å². The van der Waals surface area contributed by atoms with E-state index >= 15 is 0 Å². The molecule has 1 N–H and O–H groups in total. The van der Waals surface area contributed by atoms with Gasteiger partial charge in [0.2, 0.25) is 0 Å². The summed E-state index contributed by atoms with van der Waals surface area (Å²) in [6.45, 7) is 8.16. The zero-order valence-corrected chi connectivity index (χ0v) is 13.6. The lowest BCUT2D eigenvalue weighted by atomic mass is 10.1. The van der Waals surface area contributed by atoms with Gasteiger partial charge in [-0.15, -0.1) is 0 Å². The number of nitrogens with zero attached hydrogens (tertiary/aromatic N) is 1. The Morgan fingerprint density at radius 2 is 2.10 bits per heavy atom. The van der Waals surface area contributed by atoms with E-state index in [2.05, 4.69) is 35.7 Å². The van der Waals surface area contributed by atoms with Gasteiger partial charge in [0.05, 0.1) is 12.3 Å². The molecule has 0 aliphatic carbocycles. The standard InChI is InChI=1S/C16H20N2O2S/c1-5-12-9-7-8-10(3)14(12)17-15-13(11(4)18-21-15)16(19)20-6-2/h7-9,17H,5-6H2,1-4H3. The maximum absolute atomic E-state index is 12.1. The van der Waals surface area contributed by atoms with Crippen LogP contribution in [0.2, 0.25) is 0 Å². The summed E-state index contributed by atoms with van der Waals surface area (Å²) < 4.78 is 9.40. The third-order valence-corrected chi connectivity index (χ3v) is 4.17. The highest BCUT2D eigenvalue weighted by molar-refractivity contribution is 7.10. The molecule has 0 fully saturated rings. The number of anilines is 2. The largest absolute Gasteiger partial charge is 0.462 e. The van der Waals surface area contributed by atoms with Crippen molar-refractivity contribution in [1.82, 2.24) is 4.37 Å². The van der Waals surface area contributed by atoms with Crippen LogP contribution < -0.4 is 5.32 Å².